The SMILES string of the molecule is CC1C(=O)NCCN1C(=O)Cc1c(Cl)cccc1Cl. The average molecular weight is 301 g/mol. The van der Waals surface area contributed by atoms with Crippen molar-refractivity contribution in [2.75, 3.05) is 13.1 Å². The van der Waals surface area contributed by atoms with Crippen molar-refractivity contribution in [2.45, 2.75) is 19.4 Å². The van der Waals surface area contributed by atoms with Crippen LogP contribution in [0.1, 0.15) is 12.5 Å². The van der Waals surface area contributed by atoms with E-state index in [-0.39, 0.29) is 18.2 Å². The zero-order valence-electron chi connectivity index (χ0n) is 10.5. The number of hydrogen-bond acceptors (Lipinski definition) is 2. The number of carbonyl (C=O) groups excluding carboxylic acids is 2. The van der Waals surface area contributed by atoms with Crippen molar-refractivity contribution in [3.63, 3.8) is 0 Å². The van der Waals surface area contributed by atoms with Crippen LogP contribution >= 0.6 is 23.2 Å². The zero-order chi connectivity index (χ0) is 14.0. The van der Waals surface area contributed by atoms with Crippen LogP contribution in [0.4, 0.5) is 0 Å². The molecule has 2 amide bonds. The molecule has 1 heterocycles. The lowest BCUT2D eigenvalue weighted by Gasteiger charge is -2.33. The van der Waals surface area contributed by atoms with E-state index in [0.717, 1.165) is 0 Å². The molecule has 1 unspecified atom stereocenters. The topological polar surface area (TPSA) is 49.4 Å². The number of rotatable bonds is 2. The molecule has 1 fully saturated rings. The third-order valence-corrected chi connectivity index (χ3v) is 3.92. The second-order valence-electron chi connectivity index (χ2n) is 4.43. The number of halogens is 2. The Morgan fingerprint density at radius 2 is 2.05 bits per heavy atom. The maximum atomic E-state index is 12.3. The second kappa shape index (κ2) is 5.80. The summed E-state index contributed by atoms with van der Waals surface area (Å²) in [5.41, 5.74) is 0.606. The Kier molecular flexibility index (Phi) is 4.32. The van der Waals surface area contributed by atoms with Gasteiger partial charge in [0.15, 0.2) is 0 Å². The normalized spacial score (nSPS) is 19.2. The number of nitrogens with one attached hydrogen (secondary N) is 1. The minimum atomic E-state index is -0.456. The van der Waals surface area contributed by atoms with Gasteiger partial charge in [-0.1, -0.05) is 29.3 Å². The number of piperazine rings is 1. The van der Waals surface area contributed by atoms with E-state index < -0.39 is 6.04 Å². The summed E-state index contributed by atoms with van der Waals surface area (Å²) in [5, 5.41) is 3.65. The molecule has 0 radical (unpaired) electrons. The number of nitrogens with zero attached hydrogens (tertiary/aromatic N) is 1. The summed E-state index contributed by atoms with van der Waals surface area (Å²) in [7, 11) is 0. The molecule has 4 nitrogen and oxygen atoms in total. The largest absolute Gasteiger partial charge is 0.353 e. The predicted molar refractivity (Wildman–Crippen MR) is 74.4 cm³/mol. The van der Waals surface area contributed by atoms with Gasteiger partial charge in [0.05, 0.1) is 6.42 Å². The third kappa shape index (κ3) is 3.01. The standard InChI is InChI=1S/C13H14Cl2N2O2/c1-8-13(19)16-5-6-17(8)12(18)7-9-10(14)3-2-4-11(9)15/h2-4,8H,5-7H2,1H3,(H,16,19). The molecule has 1 aromatic rings. The van der Waals surface area contributed by atoms with Gasteiger partial charge in [-0.25, -0.2) is 0 Å². The highest BCUT2D eigenvalue weighted by Gasteiger charge is 2.29. The van der Waals surface area contributed by atoms with Crippen molar-refractivity contribution in [1.82, 2.24) is 10.2 Å². The minimum absolute atomic E-state index is 0.107. The van der Waals surface area contributed by atoms with Gasteiger partial charge in [-0.15, -0.1) is 0 Å². The third-order valence-electron chi connectivity index (χ3n) is 3.21. The van der Waals surface area contributed by atoms with E-state index in [1.165, 1.54) is 0 Å². The average Bonchev–Trinajstić information content (AvgIpc) is 2.37. The van der Waals surface area contributed by atoms with Crippen molar-refractivity contribution < 1.29 is 9.59 Å². The van der Waals surface area contributed by atoms with E-state index in [1.807, 2.05) is 0 Å². The van der Waals surface area contributed by atoms with E-state index in [2.05, 4.69) is 5.32 Å². The molecule has 6 heteroatoms. The summed E-state index contributed by atoms with van der Waals surface area (Å²) >= 11 is 12.1. The fourth-order valence-corrected chi connectivity index (χ4v) is 2.61. The monoisotopic (exact) mass is 300 g/mol. The van der Waals surface area contributed by atoms with E-state index in [0.29, 0.717) is 28.7 Å². The number of hydrogen-bond donors (Lipinski definition) is 1. The Bertz CT molecular complexity index is 499. The summed E-state index contributed by atoms with van der Waals surface area (Å²) in [5.74, 6) is -0.276. The first kappa shape index (κ1) is 14.2. The van der Waals surface area contributed by atoms with Gasteiger partial charge >= 0.3 is 0 Å². The molecule has 0 aromatic heterocycles. The summed E-state index contributed by atoms with van der Waals surface area (Å²) in [6, 6.07) is 4.67. The molecule has 0 aliphatic carbocycles. The molecular formula is C13H14Cl2N2O2. The molecule has 1 atom stereocenters. The van der Waals surface area contributed by atoms with Crippen LogP contribution in [0.3, 0.4) is 0 Å². The Labute approximate surface area is 121 Å². The van der Waals surface area contributed by atoms with Gasteiger partial charge in [0.25, 0.3) is 0 Å². The Balaban J connectivity index is 2.15. The Morgan fingerprint density at radius 1 is 1.42 bits per heavy atom. The lowest BCUT2D eigenvalue weighted by molar-refractivity contribution is -0.142. The summed E-state index contributed by atoms with van der Waals surface area (Å²) in [4.78, 5) is 25.3. The molecule has 1 aromatic carbocycles. The molecule has 0 spiro atoms. The van der Waals surface area contributed by atoms with Crippen molar-refractivity contribution in [2.24, 2.45) is 0 Å². The van der Waals surface area contributed by atoms with Crippen molar-refractivity contribution >= 4 is 35.0 Å². The first-order chi connectivity index (χ1) is 9.00. The van der Waals surface area contributed by atoms with Gasteiger partial charge in [-0.05, 0) is 24.6 Å². The van der Waals surface area contributed by atoms with Crippen LogP contribution in [-0.4, -0.2) is 35.8 Å². The lowest BCUT2D eigenvalue weighted by atomic mass is 10.1. The Hall–Kier alpha value is -1.26. The molecule has 2 rings (SSSR count). The van der Waals surface area contributed by atoms with Gasteiger partial charge in [-0.3, -0.25) is 9.59 Å². The zero-order valence-corrected chi connectivity index (χ0v) is 12.0. The molecular weight excluding hydrogens is 287 g/mol. The van der Waals surface area contributed by atoms with Crippen molar-refractivity contribution in [1.29, 1.82) is 0 Å². The molecule has 1 aliphatic rings. The second-order valence-corrected chi connectivity index (χ2v) is 5.25. The number of carbonyl (C=O) groups is 2. The molecule has 102 valence electrons. The maximum absolute atomic E-state index is 12.3. The molecule has 0 saturated carbocycles. The fraction of sp³-hybridized carbons (Fsp3) is 0.385. The molecule has 0 bridgehead atoms. The van der Waals surface area contributed by atoms with E-state index in [9.17, 15) is 9.59 Å². The van der Waals surface area contributed by atoms with E-state index >= 15 is 0 Å². The highest BCUT2D eigenvalue weighted by molar-refractivity contribution is 6.36. The van der Waals surface area contributed by atoms with Crippen LogP contribution < -0.4 is 5.32 Å². The van der Waals surface area contributed by atoms with Crippen LogP contribution in [0.25, 0.3) is 0 Å². The molecule has 1 N–H and O–H groups in total. The van der Waals surface area contributed by atoms with Crippen molar-refractivity contribution in [3.05, 3.63) is 33.8 Å². The van der Waals surface area contributed by atoms with Crippen molar-refractivity contribution in [3.8, 4) is 0 Å². The molecule has 19 heavy (non-hydrogen) atoms. The van der Waals surface area contributed by atoms with Gasteiger partial charge in [-0.2, -0.15) is 0 Å². The summed E-state index contributed by atoms with van der Waals surface area (Å²) in [6.07, 6.45) is 0.107. The number of benzene rings is 1. The van der Waals surface area contributed by atoms with Gasteiger partial charge < -0.3 is 10.2 Å². The minimum Gasteiger partial charge on any atom is -0.353 e. The molecule has 1 aliphatic heterocycles. The summed E-state index contributed by atoms with van der Waals surface area (Å²) < 4.78 is 0. The van der Waals surface area contributed by atoms with Crippen LogP contribution in [0.15, 0.2) is 18.2 Å². The van der Waals surface area contributed by atoms with Gasteiger partial charge in [0.1, 0.15) is 6.04 Å². The lowest BCUT2D eigenvalue weighted by Crippen LogP contribution is -2.56. The highest BCUT2D eigenvalue weighted by atomic mass is 35.5. The molecule has 1 saturated heterocycles. The first-order valence-corrected chi connectivity index (χ1v) is 6.76. The summed E-state index contributed by atoms with van der Waals surface area (Å²) in [6.45, 7) is 2.69. The Morgan fingerprint density at radius 3 is 2.68 bits per heavy atom. The maximum Gasteiger partial charge on any atom is 0.242 e. The smallest absolute Gasteiger partial charge is 0.242 e. The van der Waals surface area contributed by atoms with Crippen LogP contribution in [0, 0.1) is 0 Å². The predicted octanol–water partition coefficient (Wildman–Crippen LogP) is 1.88. The van der Waals surface area contributed by atoms with E-state index in [1.54, 1.807) is 30.0 Å². The van der Waals surface area contributed by atoms with Crippen LogP contribution in [0.2, 0.25) is 10.0 Å². The highest BCUT2D eigenvalue weighted by Crippen LogP contribution is 2.25. The quantitative estimate of drug-likeness (QED) is 0.907. The van der Waals surface area contributed by atoms with Crippen LogP contribution in [-0.2, 0) is 16.0 Å². The number of amides is 2. The van der Waals surface area contributed by atoms with Gasteiger partial charge in [0.2, 0.25) is 11.8 Å². The fourth-order valence-electron chi connectivity index (χ4n) is 2.08. The van der Waals surface area contributed by atoms with Gasteiger partial charge in [0, 0.05) is 23.1 Å². The first-order valence-electron chi connectivity index (χ1n) is 6.00. The van der Waals surface area contributed by atoms with E-state index in [4.69, 9.17) is 23.2 Å². The van der Waals surface area contributed by atoms with Crippen LogP contribution in [0.5, 0.6) is 0 Å².